The summed E-state index contributed by atoms with van der Waals surface area (Å²) in [5.74, 6) is -0.293. The van der Waals surface area contributed by atoms with Gasteiger partial charge in [0.1, 0.15) is 0 Å². The predicted molar refractivity (Wildman–Crippen MR) is 103 cm³/mol. The molecule has 6 heteroatoms. The number of anilines is 1. The van der Waals surface area contributed by atoms with Crippen LogP contribution < -0.4 is 10.7 Å². The highest BCUT2D eigenvalue weighted by Gasteiger charge is 2.13. The molecule has 2 rings (SSSR count). The number of amides is 2. The van der Waals surface area contributed by atoms with Crippen LogP contribution in [-0.4, -0.2) is 22.8 Å². The second-order valence-electron chi connectivity index (χ2n) is 5.51. The summed E-state index contributed by atoms with van der Waals surface area (Å²) >= 11 is 1.48. The monoisotopic (exact) mass is 355 g/mol. The molecule has 0 spiro atoms. The summed E-state index contributed by atoms with van der Waals surface area (Å²) in [7, 11) is 0. The Balaban J connectivity index is 1.98. The molecule has 0 saturated heterocycles. The molecule has 0 aliphatic carbocycles. The van der Waals surface area contributed by atoms with Crippen LogP contribution in [0.2, 0.25) is 0 Å². The molecule has 0 radical (unpaired) electrons. The van der Waals surface area contributed by atoms with Crippen molar-refractivity contribution >= 4 is 35.0 Å². The molecule has 0 fully saturated rings. The van der Waals surface area contributed by atoms with Gasteiger partial charge in [0.15, 0.2) is 0 Å². The van der Waals surface area contributed by atoms with Gasteiger partial charge in [0.2, 0.25) is 5.91 Å². The Morgan fingerprint density at radius 1 is 1.04 bits per heavy atom. The highest BCUT2D eigenvalue weighted by Crippen LogP contribution is 2.22. The van der Waals surface area contributed by atoms with Crippen LogP contribution in [0.1, 0.15) is 26.3 Å². The Labute approximate surface area is 151 Å². The number of carbonyl (C=O) groups excluding carboxylic acids is 2. The number of nitrogens with zero attached hydrogens (tertiary/aromatic N) is 1. The van der Waals surface area contributed by atoms with E-state index in [9.17, 15) is 9.59 Å². The van der Waals surface area contributed by atoms with Crippen molar-refractivity contribution in [3.8, 4) is 0 Å². The average Bonchev–Trinajstić information content (AvgIpc) is 2.59. The first-order chi connectivity index (χ1) is 12.0. The third-order valence-corrected chi connectivity index (χ3v) is 4.47. The quantitative estimate of drug-likeness (QED) is 0.472. The van der Waals surface area contributed by atoms with E-state index in [4.69, 9.17) is 0 Å². The lowest BCUT2D eigenvalue weighted by Crippen LogP contribution is -2.27. The van der Waals surface area contributed by atoms with Crippen LogP contribution in [0.25, 0.3) is 0 Å². The molecule has 0 bridgehead atoms. The maximum absolute atomic E-state index is 12.2. The van der Waals surface area contributed by atoms with Gasteiger partial charge < -0.3 is 5.32 Å². The van der Waals surface area contributed by atoms with Crippen LogP contribution in [0.5, 0.6) is 0 Å². The van der Waals surface area contributed by atoms with Gasteiger partial charge in [0.25, 0.3) is 5.91 Å². The molecule has 2 aromatic rings. The summed E-state index contributed by atoms with van der Waals surface area (Å²) in [6, 6.07) is 17.1. The summed E-state index contributed by atoms with van der Waals surface area (Å²) < 4.78 is 0. The Hall–Kier alpha value is -2.60. The SMILES string of the molecule is CC(=O)Nc1cccc(/C(C)=N/NC(=O)C(C)Sc2ccccc2)c1. The summed E-state index contributed by atoms with van der Waals surface area (Å²) in [6.07, 6.45) is 0. The number of hydrogen-bond acceptors (Lipinski definition) is 4. The standard InChI is InChI=1S/C19H21N3O2S/c1-13(16-8-7-9-17(12-16)20-15(3)23)21-22-19(24)14(2)25-18-10-5-4-6-11-18/h4-12,14H,1-3H3,(H,20,23)(H,22,24)/b21-13+. The van der Waals surface area contributed by atoms with E-state index in [0.717, 1.165) is 10.5 Å². The van der Waals surface area contributed by atoms with Gasteiger partial charge in [-0.3, -0.25) is 9.59 Å². The van der Waals surface area contributed by atoms with E-state index in [-0.39, 0.29) is 17.1 Å². The Morgan fingerprint density at radius 2 is 1.76 bits per heavy atom. The van der Waals surface area contributed by atoms with Gasteiger partial charge >= 0.3 is 0 Å². The van der Waals surface area contributed by atoms with Crippen LogP contribution in [0.4, 0.5) is 5.69 Å². The van der Waals surface area contributed by atoms with Crippen LogP contribution in [0.15, 0.2) is 64.6 Å². The Kier molecular flexibility index (Phi) is 6.77. The van der Waals surface area contributed by atoms with E-state index in [1.165, 1.54) is 18.7 Å². The Morgan fingerprint density at radius 3 is 2.44 bits per heavy atom. The fourth-order valence-corrected chi connectivity index (χ4v) is 2.96. The van der Waals surface area contributed by atoms with E-state index in [0.29, 0.717) is 11.4 Å². The van der Waals surface area contributed by atoms with E-state index in [1.807, 2.05) is 62.4 Å². The minimum atomic E-state index is -0.260. The summed E-state index contributed by atoms with van der Waals surface area (Å²) in [5.41, 5.74) is 4.79. The third-order valence-electron chi connectivity index (χ3n) is 3.36. The molecule has 0 aliphatic heterocycles. The maximum atomic E-state index is 12.2. The molecule has 2 N–H and O–H groups in total. The predicted octanol–water partition coefficient (Wildman–Crippen LogP) is 3.67. The van der Waals surface area contributed by atoms with Crippen molar-refractivity contribution in [2.75, 3.05) is 5.32 Å². The molecule has 5 nitrogen and oxygen atoms in total. The zero-order valence-corrected chi connectivity index (χ0v) is 15.3. The minimum Gasteiger partial charge on any atom is -0.326 e. The summed E-state index contributed by atoms with van der Waals surface area (Å²) in [5, 5.41) is 6.63. The van der Waals surface area contributed by atoms with E-state index >= 15 is 0 Å². The van der Waals surface area contributed by atoms with Crippen molar-refractivity contribution in [3.63, 3.8) is 0 Å². The maximum Gasteiger partial charge on any atom is 0.253 e. The fourth-order valence-electron chi connectivity index (χ4n) is 2.08. The molecule has 25 heavy (non-hydrogen) atoms. The van der Waals surface area contributed by atoms with Crippen LogP contribution >= 0.6 is 11.8 Å². The highest BCUT2D eigenvalue weighted by atomic mass is 32.2. The topological polar surface area (TPSA) is 70.6 Å². The van der Waals surface area contributed by atoms with Gasteiger partial charge in [-0.2, -0.15) is 5.10 Å². The summed E-state index contributed by atoms with van der Waals surface area (Å²) in [4.78, 5) is 24.4. The van der Waals surface area contributed by atoms with Crippen LogP contribution in [0.3, 0.4) is 0 Å². The molecule has 0 saturated carbocycles. The number of thioether (sulfide) groups is 1. The van der Waals surface area contributed by atoms with Gasteiger partial charge in [-0.1, -0.05) is 30.3 Å². The molecule has 2 aromatic carbocycles. The zero-order chi connectivity index (χ0) is 18.2. The molecule has 0 heterocycles. The minimum absolute atomic E-state index is 0.133. The zero-order valence-electron chi connectivity index (χ0n) is 14.4. The van der Waals surface area contributed by atoms with E-state index in [1.54, 1.807) is 6.07 Å². The highest BCUT2D eigenvalue weighted by molar-refractivity contribution is 8.00. The number of rotatable bonds is 6. The smallest absolute Gasteiger partial charge is 0.253 e. The van der Waals surface area contributed by atoms with Crippen molar-refractivity contribution in [2.45, 2.75) is 30.9 Å². The number of hydrogen-bond donors (Lipinski definition) is 2. The Bertz CT molecular complexity index is 775. The second kappa shape index (κ2) is 9.03. The lowest BCUT2D eigenvalue weighted by Gasteiger charge is -2.10. The van der Waals surface area contributed by atoms with Crippen LogP contribution in [0, 0.1) is 0 Å². The summed E-state index contributed by atoms with van der Waals surface area (Å²) in [6.45, 7) is 5.11. The second-order valence-corrected chi connectivity index (χ2v) is 6.92. The first kappa shape index (κ1) is 18.7. The normalized spacial score (nSPS) is 12.4. The molecule has 0 aromatic heterocycles. The fraction of sp³-hybridized carbons (Fsp3) is 0.211. The number of benzene rings is 2. The van der Waals surface area contributed by atoms with E-state index in [2.05, 4.69) is 15.8 Å². The molecule has 2 amide bonds. The van der Waals surface area contributed by atoms with Crippen molar-refractivity contribution in [1.82, 2.24) is 5.43 Å². The van der Waals surface area contributed by atoms with Crippen molar-refractivity contribution < 1.29 is 9.59 Å². The van der Waals surface area contributed by atoms with Gasteiger partial charge in [0, 0.05) is 17.5 Å². The first-order valence-electron chi connectivity index (χ1n) is 7.89. The van der Waals surface area contributed by atoms with Gasteiger partial charge in [0.05, 0.1) is 11.0 Å². The average molecular weight is 355 g/mol. The largest absolute Gasteiger partial charge is 0.326 e. The number of carbonyl (C=O) groups is 2. The molecule has 1 unspecified atom stereocenters. The van der Waals surface area contributed by atoms with Crippen molar-refractivity contribution in [1.29, 1.82) is 0 Å². The molecule has 130 valence electrons. The van der Waals surface area contributed by atoms with Crippen LogP contribution in [-0.2, 0) is 9.59 Å². The lowest BCUT2D eigenvalue weighted by molar-refractivity contribution is -0.120. The molecular formula is C19H21N3O2S. The molecule has 1 atom stereocenters. The van der Waals surface area contributed by atoms with Gasteiger partial charge in [-0.25, -0.2) is 5.43 Å². The third kappa shape index (κ3) is 6.08. The number of nitrogens with one attached hydrogen (secondary N) is 2. The van der Waals surface area contributed by atoms with Crippen molar-refractivity contribution in [2.24, 2.45) is 5.10 Å². The van der Waals surface area contributed by atoms with Gasteiger partial charge in [-0.05, 0) is 43.7 Å². The van der Waals surface area contributed by atoms with Gasteiger partial charge in [-0.15, -0.1) is 11.8 Å². The lowest BCUT2D eigenvalue weighted by atomic mass is 10.1. The molecule has 0 aliphatic rings. The number of hydrazone groups is 1. The van der Waals surface area contributed by atoms with E-state index < -0.39 is 0 Å². The van der Waals surface area contributed by atoms with Crippen molar-refractivity contribution in [3.05, 3.63) is 60.2 Å². The first-order valence-corrected chi connectivity index (χ1v) is 8.77. The molecular weight excluding hydrogens is 334 g/mol.